The molecule has 0 radical (unpaired) electrons. The van der Waals surface area contributed by atoms with Crippen LogP contribution in [-0.2, 0) is 0 Å². The van der Waals surface area contributed by atoms with E-state index in [1.54, 1.807) is 0 Å². The van der Waals surface area contributed by atoms with E-state index in [1.807, 2.05) is 0 Å². The van der Waals surface area contributed by atoms with Gasteiger partial charge in [0.05, 0.1) is 0 Å². The molecule has 2 saturated carbocycles. The highest BCUT2D eigenvalue weighted by molar-refractivity contribution is 4.90. The molecule has 0 spiro atoms. The van der Waals surface area contributed by atoms with Gasteiger partial charge in [-0.2, -0.15) is 0 Å². The van der Waals surface area contributed by atoms with Gasteiger partial charge in [0.15, 0.2) is 0 Å². The minimum absolute atomic E-state index is 0.332. The maximum atomic E-state index is 8.30. The van der Waals surface area contributed by atoms with Crippen molar-refractivity contribution in [2.45, 2.75) is 38.1 Å². The van der Waals surface area contributed by atoms with E-state index in [1.165, 1.54) is 25.7 Å². The highest BCUT2D eigenvalue weighted by atomic mass is 15.2. The van der Waals surface area contributed by atoms with E-state index < -0.39 is 0 Å². The minimum Gasteiger partial charge on any atom is -0.0903 e. The Balaban J connectivity index is 2.06. The number of fused-ring (bicyclic) bond motifs is 2. The molecule has 0 saturated heterocycles. The summed E-state index contributed by atoms with van der Waals surface area (Å²) in [6.07, 6.45) is 6.43. The predicted molar refractivity (Wildman–Crippen MR) is 43.0 cm³/mol. The molecule has 3 heteroatoms. The lowest BCUT2D eigenvalue weighted by atomic mass is 9.85. The third-order valence-electron chi connectivity index (χ3n) is 3.20. The van der Waals surface area contributed by atoms with Crippen molar-refractivity contribution in [1.29, 1.82) is 0 Å². The Bertz CT molecular complexity index is 196. The average Bonchev–Trinajstić information content (AvgIpc) is 2.40. The third kappa shape index (κ3) is 1.21. The molecule has 60 valence electrons. The summed E-state index contributed by atoms with van der Waals surface area (Å²) in [5, 5.41) is 3.84. The summed E-state index contributed by atoms with van der Waals surface area (Å²) in [4.78, 5) is 2.90. The van der Waals surface area contributed by atoms with Gasteiger partial charge in [-0.25, -0.2) is 0 Å². The lowest BCUT2D eigenvalue weighted by Crippen LogP contribution is -2.20. The highest BCUT2D eigenvalue weighted by Gasteiger charge is 2.34. The fourth-order valence-electron chi connectivity index (χ4n) is 2.59. The number of hydrogen-bond donors (Lipinski definition) is 0. The molecule has 0 unspecified atom stereocenters. The van der Waals surface area contributed by atoms with Crippen LogP contribution >= 0.6 is 0 Å². The Kier molecular flexibility index (Phi) is 1.74. The molecule has 0 N–H and O–H groups in total. The number of azide groups is 1. The molecular weight excluding hydrogens is 138 g/mol. The number of rotatable bonds is 1. The molecule has 2 bridgehead atoms. The standard InChI is InChI=1S/C8H13N3/c9-11-10-8-4-2-6-1-3-7(8)5-6/h6-8H,1-5H2/t6-,7-,8+/m1/s1. The maximum Gasteiger partial charge on any atom is 0.0402 e. The van der Waals surface area contributed by atoms with Crippen molar-refractivity contribution in [2.75, 3.05) is 0 Å². The van der Waals surface area contributed by atoms with Crippen LogP contribution in [0.2, 0.25) is 0 Å². The first-order valence-corrected chi connectivity index (χ1v) is 4.44. The zero-order chi connectivity index (χ0) is 7.68. The van der Waals surface area contributed by atoms with Gasteiger partial charge in [0.2, 0.25) is 0 Å². The van der Waals surface area contributed by atoms with Crippen molar-refractivity contribution in [3.63, 3.8) is 0 Å². The largest absolute Gasteiger partial charge is 0.0903 e. The molecule has 2 fully saturated rings. The fraction of sp³-hybridized carbons (Fsp3) is 1.00. The number of hydrogen-bond acceptors (Lipinski definition) is 1. The van der Waals surface area contributed by atoms with Gasteiger partial charge >= 0.3 is 0 Å². The van der Waals surface area contributed by atoms with Crippen LogP contribution in [0, 0.1) is 11.8 Å². The zero-order valence-electron chi connectivity index (χ0n) is 6.61. The first-order chi connectivity index (χ1) is 5.40. The SMILES string of the molecule is [N-]=[N+]=N[C@H]1CC[C@H]2CC[C@@H]1C2. The molecule has 3 atom stereocenters. The first-order valence-electron chi connectivity index (χ1n) is 4.44. The van der Waals surface area contributed by atoms with Crippen LogP contribution in [0.25, 0.3) is 10.4 Å². The first kappa shape index (κ1) is 6.99. The second kappa shape index (κ2) is 2.74. The van der Waals surface area contributed by atoms with E-state index in [9.17, 15) is 0 Å². The molecule has 0 heterocycles. The van der Waals surface area contributed by atoms with Gasteiger partial charge in [0.25, 0.3) is 0 Å². The smallest absolute Gasteiger partial charge is 0.0402 e. The van der Waals surface area contributed by atoms with Crippen molar-refractivity contribution in [1.82, 2.24) is 0 Å². The van der Waals surface area contributed by atoms with Crippen molar-refractivity contribution < 1.29 is 0 Å². The van der Waals surface area contributed by atoms with Crippen LogP contribution in [0.3, 0.4) is 0 Å². The van der Waals surface area contributed by atoms with Crippen LogP contribution < -0.4 is 0 Å². The van der Waals surface area contributed by atoms with Crippen molar-refractivity contribution in [3.05, 3.63) is 10.4 Å². The Hall–Kier alpha value is -0.690. The van der Waals surface area contributed by atoms with Crippen molar-refractivity contribution >= 4 is 0 Å². The Morgan fingerprint density at radius 3 is 2.82 bits per heavy atom. The van der Waals surface area contributed by atoms with E-state index >= 15 is 0 Å². The Labute approximate surface area is 66.4 Å². The summed E-state index contributed by atoms with van der Waals surface area (Å²) in [7, 11) is 0. The zero-order valence-corrected chi connectivity index (χ0v) is 6.61. The topological polar surface area (TPSA) is 48.8 Å². The highest BCUT2D eigenvalue weighted by Crippen LogP contribution is 2.43. The van der Waals surface area contributed by atoms with Gasteiger partial charge in [-0.1, -0.05) is 18.0 Å². The summed E-state index contributed by atoms with van der Waals surface area (Å²) in [6.45, 7) is 0. The molecular formula is C8H13N3. The molecule has 0 aromatic carbocycles. The van der Waals surface area contributed by atoms with E-state index in [0.717, 1.165) is 18.3 Å². The lowest BCUT2D eigenvalue weighted by Gasteiger charge is -2.24. The average molecular weight is 151 g/mol. The van der Waals surface area contributed by atoms with Gasteiger partial charge < -0.3 is 0 Å². The van der Waals surface area contributed by atoms with Crippen LogP contribution in [0.4, 0.5) is 0 Å². The summed E-state index contributed by atoms with van der Waals surface area (Å²) >= 11 is 0. The molecule has 3 nitrogen and oxygen atoms in total. The monoisotopic (exact) mass is 151 g/mol. The maximum absolute atomic E-state index is 8.30. The molecule has 0 aromatic heterocycles. The summed E-state index contributed by atoms with van der Waals surface area (Å²) in [6, 6.07) is 0.332. The molecule has 2 rings (SSSR count). The lowest BCUT2D eigenvalue weighted by molar-refractivity contribution is 0.313. The molecule has 2 aliphatic rings. The molecule has 11 heavy (non-hydrogen) atoms. The van der Waals surface area contributed by atoms with Crippen LogP contribution in [-0.4, -0.2) is 6.04 Å². The van der Waals surface area contributed by atoms with E-state index in [0.29, 0.717) is 6.04 Å². The normalized spacial score (nSPS) is 41.6. The summed E-state index contributed by atoms with van der Waals surface area (Å²) in [5.41, 5.74) is 8.30. The fourth-order valence-corrected chi connectivity index (χ4v) is 2.59. The van der Waals surface area contributed by atoms with E-state index in [2.05, 4.69) is 10.0 Å². The van der Waals surface area contributed by atoms with E-state index in [-0.39, 0.29) is 0 Å². The van der Waals surface area contributed by atoms with Gasteiger partial charge in [0.1, 0.15) is 0 Å². The molecule has 0 aliphatic heterocycles. The van der Waals surface area contributed by atoms with Crippen LogP contribution in [0.15, 0.2) is 5.11 Å². The van der Waals surface area contributed by atoms with Crippen LogP contribution in [0.5, 0.6) is 0 Å². The van der Waals surface area contributed by atoms with Crippen molar-refractivity contribution in [2.24, 2.45) is 17.0 Å². The van der Waals surface area contributed by atoms with Gasteiger partial charge in [-0.15, -0.1) is 0 Å². The summed E-state index contributed by atoms with van der Waals surface area (Å²) < 4.78 is 0. The number of nitrogens with zero attached hydrogens (tertiary/aromatic N) is 3. The molecule has 0 amide bonds. The third-order valence-corrected chi connectivity index (χ3v) is 3.20. The second-order valence-corrected chi connectivity index (χ2v) is 3.79. The van der Waals surface area contributed by atoms with Crippen molar-refractivity contribution in [3.8, 4) is 0 Å². The Morgan fingerprint density at radius 2 is 2.00 bits per heavy atom. The minimum atomic E-state index is 0.332. The van der Waals surface area contributed by atoms with Crippen LogP contribution in [0.1, 0.15) is 32.1 Å². The van der Waals surface area contributed by atoms with Gasteiger partial charge in [-0.3, -0.25) is 0 Å². The summed E-state index contributed by atoms with van der Waals surface area (Å²) in [5.74, 6) is 1.69. The van der Waals surface area contributed by atoms with Gasteiger partial charge in [0, 0.05) is 11.0 Å². The Morgan fingerprint density at radius 1 is 1.18 bits per heavy atom. The quantitative estimate of drug-likeness (QED) is 0.314. The van der Waals surface area contributed by atoms with E-state index in [4.69, 9.17) is 5.53 Å². The predicted octanol–water partition coefficient (Wildman–Crippen LogP) is 2.88. The molecule has 0 aromatic rings. The van der Waals surface area contributed by atoms with Gasteiger partial charge in [-0.05, 0) is 36.6 Å². The second-order valence-electron chi connectivity index (χ2n) is 3.79. The molecule has 2 aliphatic carbocycles.